The van der Waals surface area contributed by atoms with Crippen molar-refractivity contribution in [2.75, 3.05) is 20.6 Å². The van der Waals surface area contributed by atoms with Crippen molar-refractivity contribution in [3.8, 4) is 0 Å². The van der Waals surface area contributed by atoms with Crippen LogP contribution in [0.5, 0.6) is 0 Å². The van der Waals surface area contributed by atoms with E-state index in [9.17, 15) is 4.39 Å². The highest BCUT2D eigenvalue weighted by Crippen LogP contribution is 2.19. The highest BCUT2D eigenvalue weighted by molar-refractivity contribution is 6.30. The van der Waals surface area contributed by atoms with Gasteiger partial charge in [-0.15, -0.1) is 0 Å². The van der Waals surface area contributed by atoms with Gasteiger partial charge in [0.2, 0.25) is 0 Å². The van der Waals surface area contributed by atoms with E-state index in [0.717, 1.165) is 0 Å². The number of nitrogens with two attached hydrogens (primary N) is 1. The molecule has 0 aliphatic heterocycles. The summed E-state index contributed by atoms with van der Waals surface area (Å²) in [5.74, 6) is -0.341. The smallest absolute Gasteiger partial charge is 0.129 e. The molecule has 2 N–H and O–H groups in total. The monoisotopic (exact) mass is 216 g/mol. The van der Waals surface area contributed by atoms with Gasteiger partial charge in [0, 0.05) is 23.2 Å². The Morgan fingerprint density at radius 3 is 2.64 bits per heavy atom. The molecule has 1 aromatic rings. The molecule has 14 heavy (non-hydrogen) atoms. The summed E-state index contributed by atoms with van der Waals surface area (Å²) in [5, 5.41) is 0.392. The first-order valence-corrected chi connectivity index (χ1v) is 4.73. The summed E-state index contributed by atoms with van der Waals surface area (Å²) in [6.45, 7) is 0.610. The third-order valence-electron chi connectivity index (χ3n) is 1.92. The quantitative estimate of drug-likeness (QED) is 0.838. The van der Waals surface area contributed by atoms with Crippen molar-refractivity contribution >= 4 is 11.6 Å². The Morgan fingerprint density at radius 2 is 2.14 bits per heavy atom. The van der Waals surface area contributed by atoms with Crippen molar-refractivity contribution < 1.29 is 4.39 Å². The lowest BCUT2D eigenvalue weighted by molar-refractivity contribution is 0.371. The van der Waals surface area contributed by atoms with Gasteiger partial charge in [0.1, 0.15) is 5.82 Å². The van der Waals surface area contributed by atoms with Crippen molar-refractivity contribution in [1.29, 1.82) is 0 Å². The number of hydrogen-bond donors (Lipinski definition) is 1. The molecule has 0 fully saturated rings. The Balaban J connectivity index is 2.84. The van der Waals surface area contributed by atoms with Gasteiger partial charge in [-0.25, -0.2) is 4.39 Å². The number of rotatable bonds is 3. The molecule has 0 aliphatic carbocycles. The van der Waals surface area contributed by atoms with E-state index in [0.29, 0.717) is 17.1 Å². The zero-order chi connectivity index (χ0) is 10.7. The van der Waals surface area contributed by atoms with Crippen LogP contribution in [0.15, 0.2) is 18.2 Å². The summed E-state index contributed by atoms with van der Waals surface area (Å²) < 4.78 is 13.4. The number of hydrogen-bond acceptors (Lipinski definition) is 2. The van der Waals surface area contributed by atoms with Crippen molar-refractivity contribution in [2.24, 2.45) is 5.73 Å². The molecule has 0 bridgehead atoms. The lowest BCUT2D eigenvalue weighted by Crippen LogP contribution is -2.26. The molecule has 2 nitrogen and oxygen atoms in total. The first kappa shape index (κ1) is 11.4. The fourth-order valence-corrected chi connectivity index (χ4v) is 1.45. The van der Waals surface area contributed by atoms with Gasteiger partial charge in [-0.05, 0) is 26.2 Å². The van der Waals surface area contributed by atoms with Crippen LogP contribution in [-0.4, -0.2) is 25.5 Å². The molecule has 1 rings (SSSR count). The fourth-order valence-electron chi connectivity index (χ4n) is 1.29. The molecule has 1 aromatic carbocycles. The predicted octanol–water partition coefficient (Wildman–Crippen LogP) is 2.04. The lowest BCUT2D eigenvalue weighted by Gasteiger charge is -2.17. The third kappa shape index (κ3) is 2.94. The van der Waals surface area contributed by atoms with Gasteiger partial charge in [0.05, 0.1) is 0 Å². The van der Waals surface area contributed by atoms with Gasteiger partial charge in [-0.2, -0.15) is 0 Å². The topological polar surface area (TPSA) is 29.3 Å². The van der Waals surface area contributed by atoms with Crippen molar-refractivity contribution in [2.45, 2.75) is 6.04 Å². The highest BCUT2D eigenvalue weighted by Gasteiger charge is 2.12. The maximum atomic E-state index is 13.4. The summed E-state index contributed by atoms with van der Waals surface area (Å²) >= 11 is 5.64. The first-order valence-electron chi connectivity index (χ1n) is 4.36. The second kappa shape index (κ2) is 4.73. The predicted molar refractivity (Wildman–Crippen MR) is 56.9 cm³/mol. The zero-order valence-electron chi connectivity index (χ0n) is 8.30. The Bertz CT molecular complexity index is 315. The molecular formula is C10H14ClFN2. The highest BCUT2D eigenvalue weighted by atomic mass is 35.5. The third-order valence-corrected chi connectivity index (χ3v) is 2.16. The van der Waals surface area contributed by atoms with Crippen LogP contribution in [0.25, 0.3) is 0 Å². The van der Waals surface area contributed by atoms with E-state index >= 15 is 0 Å². The summed E-state index contributed by atoms with van der Waals surface area (Å²) in [7, 11) is 3.79. The van der Waals surface area contributed by atoms with Crippen LogP contribution in [0.3, 0.4) is 0 Å². The Kier molecular flexibility index (Phi) is 3.86. The van der Waals surface area contributed by atoms with E-state index in [4.69, 9.17) is 17.3 Å². The van der Waals surface area contributed by atoms with Gasteiger partial charge in [-0.1, -0.05) is 17.7 Å². The molecule has 78 valence electrons. The minimum atomic E-state index is -0.341. The van der Waals surface area contributed by atoms with Gasteiger partial charge < -0.3 is 10.6 Å². The second-order valence-electron chi connectivity index (χ2n) is 3.53. The summed E-state index contributed by atoms with van der Waals surface area (Å²) in [4.78, 5) is 1.92. The first-order chi connectivity index (χ1) is 6.50. The molecule has 0 spiro atoms. The lowest BCUT2D eigenvalue weighted by atomic mass is 10.1. The van der Waals surface area contributed by atoms with Crippen LogP contribution in [0.2, 0.25) is 5.02 Å². The van der Waals surface area contributed by atoms with E-state index in [1.165, 1.54) is 6.07 Å². The van der Waals surface area contributed by atoms with Crippen LogP contribution in [0.1, 0.15) is 11.6 Å². The van der Waals surface area contributed by atoms with Gasteiger partial charge in [0.15, 0.2) is 0 Å². The largest absolute Gasteiger partial charge is 0.323 e. The van der Waals surface area contributed by atoms with Crippen LogP contribution >= 0.6 is 11.6 Å². The molecule has 1 atom stereocenters. The zero-order valence-corrected chi connectivity index (χ0v) is 9.05. The number of likely N-dealkylation sites (N-methyl/N-ethyl adjacent to an activating group) is 1. The van der Waals surface area contributed by atoms with Crippen molar-refractivity contribution in [3.05, 3.63) is 34.6 Å². The Labute approximate surface area is 88.5 Å². The SMILES string of the molecule is CN(C)CC(N)c1ccc(Cl)cc1F. The molecule has 0 amide bonds. The summed E-state index contributed by atoms with van der Waals surface area (Å²) in [5.41, 5.74) is 6.32. The van der Waals surface area contributed by atoms with Gasteiger partial charge in [0.25, 0.3) is 0 Å². The fraction of sp³-hybridized carbons (Fsp3) is 0.400. The van der Waals surface area contributed by atoms with E-state index < -0.39 is 0 Å². The standard InChI is InChI=1S/C10H14ClFN2/c1-14(2)6-10(13)8-4-3-7(11)5-9(8)12/h3-5,10H,6,13H2,1-2H3. The van der Waals surface area contributed by atoms with Gasteiger partial charge in [-0.3, -0.25) is 0 Å². The molecule has 0 aliphatic rings. The molecule has 0 saturated heterocycles. The molecule has 0 saturated carbocycles. The van der Waals surface area contributed by atoms with Crippen LogP contribution in [0, 0.1) is 5.82 Å². The molecule has 0 radical (unpaired) electrons. The molecule has 0 aromatic heterocycles. The molecular weight excluding hydrogens is 203 g/mol. The van der Waals surface area contributed by atoms with Crippen LogP contribution in [0.4, 0.5) is 4.39 Å². The van der Waals surface area contributed by atoms with Crippen LogP contribution in [-0.2, 0) is 0 Å². The van der Waals surface area contributed by atoms with Crippen molar-refractivity contribution in [3.63, 3.8) is 0 Å². The minimum absolute atomic E-state index is 0.317. The second-order valence-corrected chi connectivity index (χ2v) is 3.97. The number of nitrogens with zero attached hydrogens (tertiary/aromatic N) is 1. The van der Waals surface area contributed by atoms with E-state index in [1.807, 2.05) is 19.0 Å². The van der Waals surface area contributed by atoms with E-state index in [-0.39, 0.29) is 11.9 Å². The number of benzene rings is 1. The maximum Gasteiger partial charge on any atom is 0.129 e. The summed E-state index contributed by atoms with van der Waals surface area (Å²) in [6, 6.07) is 4.25. The van der Waals surface area contributed by atoms with Gasteiger partial charge >= 0.3 is 0 Å². The normalized spacial score (nSPS) is 13.3. The molecule has 0 heterocycles. The Morgan fingerprint density at radius 1 is 1.50 bits per heavy atom. The molecule has 4 heteroatoms. The average molecular weight is 217 g/mol. The average Bonchev–Trinajstić information content (AvgIpc) is 2.01. The van der Waals surface area contributed by atoms with Crippen molar-refractivity contribution in [1.82, 2.24) is 4.90 Å². The van der Waals surface area contributed by atoms with E-state index in [1.54, 1.807) is 12.1 Å². The molecule has 1 unspecified atom stereocenters. The minimum Gasteiger partial charge on any atom is -0.323 e. The summed E-state index contributed by atoms with van der Waals surface area (Å²) in [6.07, 6.45) is 0. The maximum absolute atomic E-state index is 13.4. The van der Waals surface area contributed by atoms with Crippen LogP contribution < -0.4 is 5.73 Å². The Hall–Kier alpha value is -0.640. The van der Waals surface area contributed by atoms with E-state index in [2.05, 4.69) is 0 Å². The number of halogens is 2.